The summed E-state index contributed by atoms with van der Waals surface area (Å²) >= 11 is 0. The van der Waals surface area contributed by atoms with Gasteiger partial charge in [-0.25, -0.2) is 4.98 Å². The number of aryl methyl sites for hydroxylation is 1. The predicted molar refractivity (Wildman–Crippen MR) is 108 cm³/mol. The molecule has 1 N–H and O–H groups in total. The van der Waals surface area contributed by atoms with E-state index < -0.39 is 0 Å². The summed E-state index contributed by atoms with van der Waals surface area (Å²) in [5, 5.41) is 8.31. The van der Waals surface area contributed by atoms with Crippen LogP contribution in [0.4, 0.5) is 5.82 Å². The molecule has 3 aromatic rings. The summed E-state index contributed by atoms with van der Waals surface area (Å²) < 4.78 is 12.6. The zero-order chi connectivity index (χ0) is 19.6. The highest BCUT2D eigenvalue weighted by Crippen LogP contribution is 2.30. The third-order valence-electron chi connectivity index (χ3n) is 4.58. The molecule has 0 unspecified atom stereocenters. The minimum atomic E-state index is 0.728. The Morgan fingerprint density at radius 3 is 2.30 bits per heavy atom. The van der Waals surface area contributed by atoms with Crippen molar-refractivity contribution in [2.75, 3.05) is 46.7 Å². The fourth-order valence-electron chi connectivity index (χ4n) is 2.90. The van der Waals surface area contributed by atoms with Crippen LogP contribution in [0.1, 0.15) is 11.3 Å². The van der Waals surface area contributed by atoms with Gasteiger partial charge in [-0.05, 0) is 40.1 Å². The summed E-state index contributed by atoms with van der Waals surface area (Å²) in [4.78, 5) is 6.84. The number of benzene rings is 1. The first-order chi connectivity index (χ1) is 12.9. The lowest BCUT2D eigenvalue weighted by atomic mass is 10.1. The summed E-state index contributed by atoms with van der Waals surface area (Å²) in [7, 11) is 7.40. The first kappa shape index (κ1) is 19.0. The molecule has 0 aliphatic carbocycles. The highest BCUT2D eigenvalue weighted by molar-refractivity contribution is 5.69. The van der Waals surface area contributed by atoms with Gasteiger partial charge < -0.3 is 19.7 Å². The van der Waals surface area contributed by atoms with Gasteiger partial charge in [0.25, 0.3) is 0 Å². The molecule has 0 fully saturated rings. The third-order valence-corrected chi connectivity index (χ3v) is 4.58. The minimum Gasteiger partial charge on any atom is -0.497 e. The zero-order valence-corrected chi connectivity index (χ0v) is 16.8. The molecular weight excluding hydrogens is 342 g/mol. The van der Waals surface area contributed by atoms with E-state index in [0.29, 0.717) is 0 Å². The standard InChI is InChI=1S/C20H27N5O2/c1-13-14(2)22-19-12-18(15-9-16(26-5)11-17(10-15)27-6)23-25(19)20(13)21-7-8-24(3)4/h9-12,21H,7-8H2,1-6H3. The molecule has 3 rings (SSSR count). The summed E-state index contributed by atoms with van der Waals surface area (Å²) in [6.07, 6.45) is 0. The maximum Gasteiger partial charge on any atom is 0.158 e. The van der Waals surface area contributed by atoms with Crippen molar-refractivity contribution in [2.45, 2.75) is 13.8 Å². The van der Waals surface area contributed by atoms with Gasteiger partial charge in [0.1, 0.15) is 17.3 Å². The molecule has 0 aliphatic heterocycles. The molecule has 2 aromatic heterocycles. The second-order valence-corrected chi connectivity index (χ2v) is 6.80. The van der Waals surface area contributed by atoms with Gasteiger partial charge >= 0.3 is 0 Å². The maximum atomic E-state index is 5.38. The van der Waals surface area contributed by atoms with Crippen molar-refractivity contribution in [1.29, 1.82) is 0 Å². The van der Waals surface area contributed by atoms with Crippen LogP contribution in [0.5, 0.6) is 11.5 Å². The molecule has 0 aliphatic rings. The molecule has 0 spiro atoms. The van der Waals surface area contributed by atoms with Gasteiger partial charge in [0.2, 0.25) is 0 Å². The number of ether oxygens (including phenoxy) is 2. The quantitative estimate of drug-likeness (QED) is 0.691. The molecule has 0 saturated carbocycles. The van der Waals surface area contributed by atoms with Crippen molar-refractivity contribution in [3.63, 3.8) is 0 Å². The number of nitrogens with zero attached hydrogens (tertiary/aromatic N) is 4. The Morgan fingerprint density at radius 1 is 1.04 bits per heavy atom. The largest absolute Gasteiger partial charge is 0.497 e. The Bertz CT molecular complexity index is 927. The highest BCUT2D eigenvalue weighted by atomic mass is 16.5. The topological polar surface area (TPSA) is 63.9 Å². The number of hydrogen-bond donors (Lipinski definition) is 1. The predicted octanol–water partition coefficient (Wildman–Crippen LogP) is 3.00. The van der Waals surface area contributed by atoms with Crippen LogP contribution >= 0.6 is 0 Å². The van der Waals surface area contributed by atoms with Gasteiger partial charge in [-0.15, -0.1) is 0 Å². The van der Waals surface area contributed by atoms with E-state index in [0.717, 1.165) is 58.6 Å². The summed E-state index contributed by atoms with van der Waals surface area (Å²) in [5.74, 6) is 2.43. The fourth-order valence-corrected chi connectivity index (χ4v) is 2.90. The molecule has 0 bridgehead atoms. The molecule has 0 atom stereocenters. The Morgan fingerprint density at radius 2 is 1.70 bits per heavy atom. The lowest BCUT2D eigenvalue weighted by molar-refractivity contribution is 0.394. The van der Waals surface area contributed by atoms with Crippen molar-refractivity contribution in [2.24, 2.45) is 0 Å². The number of fused-ring (bicyclic) bond motifs is 1. The van der Waals surface area contributed by atoms with E-state index in [1.54, 1.807) is 14.2 Å². The van der Waals surface area contributed by atoms with E-state index >= 15 is 0 Å². The molecule has 7 heteroatoms. The van der Waals surface area contributed by atoms with Crippen LogP contribution in [0.2, 0.25) is 0 Å². The molecule has 7 nitrogen and oxygen atoms in total. The lowest BCUT2D eigenvalue weighted by Gasteiger charge is -2.15. The Kier molecular flexibility index (Phi) is 5.51. The van der Waals surface area contributed by atoms with E-state index in [4.69, 9.17) is 19.6 Å². The smallest absolute Gasteiger partial charge is 0.158 e. The Balaban J connectivity index is 2.07. The van der Waals surface area contributed by atoms with Crippen molar-refractivity contribution in [3.8, 4) is 22.8 Å². The van der Waals surface area contributed by atoms with Crippen LogP contribution < -0.4 is 14.8 Å². The van der Waals surface area contributed by atoms with Gasteiger partial charge in [-0.3, -0.25) is 0 Å². The molecule has 27 heavy (non-hydrogen) atoms. The van der Waals surface area contributed by atoms with E-state index in [9.17, 15) is 0 Å². The SMILES string of the molecule is COc1cc(OC)cc(-c2cc3nc(C)c(C)c(NCCN(C)C)n3n2)c1. The minimum absolute atomic E-state index is 0.728. The summed E-state index contributed by atoms with van der Waals surface area (Å²) in [5.41, 5.74) is 4.64. The van der Waals surface area contributed by atoms with E-state index in [2.05, 4.69) is 31.2 Å². The van der Waals surface area contributed by atoms with Crippen molar-refractivity contribution < 1.29 is 9.47 Å². The molecular formula is C20H27N5O2. The van der Waals surface area contributed by atoms with Crippen molar-refractivity contribution in [3.05, 3.63) is 35.5 Å². The van der Waals surface area contributed by atoms with Gasteiger partial charge in [0.15, 0.2) is 5.65 Å². The first-order valence-corrected chi connectivity index (χ1v) is 8.92. The molecule has 0 radical (unpaired) electrons. The second-order valence-electron chi connectivity index (χ2n) is 6.80. The number of methoxy groups -OCH3 is 2. The molecule has 1 aromatic carbocycles. The molecule has 2 heterocycles. The van der Waals surface area contributed by atoms with Crippen LogP contribution in [-0.4, -0.2) is 60.9 Å². The number of rotatable bonds is 7. The summed E-state index contributed by atoms with van der Waals surface area (Å²) in [6.45, 7) is 5.85. The molecule has 144 valence electrons. The number of nitrogens with one attached hydrogen (secondary N) is 1. The van der Waals surface area contributed by atoms with Crippen LogP contribution in [0.25, 0.3) is 16.9 Å². The maximum absolute atomic E-state index is 5.38. The van der Waals surface area contributed by atoms with Crippen LogP contribution in [0.3, 0.4) is 0 Å². The Hall–Kier alpha value is -2.80. The van der Waals surface area contributed by atoms with Crippen LogP contribution in [-0.2, 0) is 0 Å². The van der Waals surface area contributed by atoms with Crippen molar-refractivity contribution >= 4 is 11.5 Å². The van der Waals surface area contributed by atoms with E-state index in [-0.39, 0.29) is 0 Å². The monoisotopic (exact) mass is 369 g/mol. The fraction of sp³-hybridized carbons (Fsp3) is 0.400. The number of aromatic nitrogens is 3. The van der Waals surface area contributed by atoms with E-state index in [1.165, 1.54) is 0 Å². The highest BCUT2D eigenvalue weighted by Gasteiger charge is 2.14. The number of likely N-dealkylation sites (N-methyl/N-ethyl adjacent to an activating group) is 1. The van der Waals surface area contributed by atoms with Gasteiger partial charge in [0.05, 0.1) is 19.9 Å². The third kappa shape index (κ3) is 3.98. The second kappa shape index (κ2) is 7.84. The zero-order valence-electron chi connectivity index (χ0n) is 16.8. The van der Waals surface area contributed by atoms with Crippen LogP contribution in [0.15, 0.2) is 24.3 Å². The molecule has 0 amide bonds. The summed E-state index contributed by atoms with van der Waals surface area (Å²) in [6, 6.07) is 7.73. The van der Waals surface area contributed by atoms with Gasteiger partial charge in [-0.1, -0.05) is 0 Å². The van der Waals surface area contributed by atoms with E-state index in [1.807, 2.05) is 35.7 Å². The normalized spacial score (nSPS) is 11.2. The average molecular weight is 369 g/mol. The Labute approximate surface area is 159 Å². The first-order valence-electron chi connectivity index (χ1n) is 8.92. The van der Waals surface area contributed by atoms with Crippen molar-refractivity contribution in [1.82, 2.24) is 19.5 Å². The number of hydrogen-bond acceptors (Lipinski definition) is 6. The lowest BCUT2D eigenvalue weighted by Crippen LogP contribution is -2.22. The average Bonchev–Trinajstić information content (AvgIpc) is 3.07. The van der Waals surface area contributed by atoms with Gasteiger partial charge in [0, 0.05) is 42.0 Å². The van der Waals surface area contributed by atoms with Gasteiger partial charge in [-0.2, -0.15) is 9.61 Å². The number of anilines is 1. The van der Waals surface area contributed by atoms with Crippen LogP contribution in [0, 0.1) is 13.8 Å². The molecule has 0 saturated heterocycles.